The fraction of sp³-hybridized carbons (Fsp3) is 0.350. The Balaban J connectivity index is 1.61. The molecule has 0 saturated carbocycles. The van der Waals surface area contributed by atoms with E-state index in [0.29, 0.717) is 41.9 Å². The van der Waals surface area contributed by atoms with Crippen molar-refractivity contribution in [2.24, 2.45) is 0 Å². The molecule has 1 fully saturated rings. The molecule has 1 amide bonds. The van der Waals surface area contributed by atoms with Gasteiger partial charge in [0.05, 0.1) is 21.6 Å². The minimum atomic E-state index is -3.53. The van der Waals surface area contributed by atoms with Gasteiger partial charge in [0.15, 0.2) is 0 Å². The summed E-state index contributed by atoms with van der Waals surface area (Å²) < 4.78 is 27.1. The van der Waals surface area contributed by atoms with Crippen LogP contribution in [-0.4, -0.2) is 55.8 Å². The van der Waals surface area contributed by atoms with Crippen LogP contribution < -0.4 is 5.32 Å². The molecule has 29 heavy (non-hydrogen) atoms. The number of piperazine rings is 1. The lowest BCUT2D eigenvalue weighted by molar-refractivity contribution is -0.121. The summed E-state index contributed by atoms with van der Waals surface area (Å²) >= 11 is 12.1. The molecule has 6 nitrogen and oxygen atoms in total. The summed E-state index contributed by atoms with van der Waals surface area (Å²) in [5.74, 6) is -0.219. The number of rotatable bonds is 5. The maximum absolute atomic E-state index is 12.8. The SMILES string of the molecule is Cc1ccc(S(=O)(=O)N2CCN([C@@H](C)C(=O)Nc3cc(Cl)ccc3Cl)CC2)cc1. The first-order valence-corrected chi connectivity index (χ1v) is 11.4. The van der Waals surface area contributed by atoms with E-state index in [1.54, 1.807) is 49.4 Å². The van der Waals surface area contributed by atoms with Crippen molar-refractivity contribution in [3.05, 3.63) is 58.1 Å². The maximum Gasteiger partial charge on any atom is 0.243 e. The van der Waals surface area contributed by atoms with Gasteiger partial charge in [-0.2, -0.15) is 4.31 Å². The molecule has 0 radical (unpaired) electrons. The fourth-order valence-corrected chi connectivity index (χ4v) is 4.95. The predicted molar refractivity (Wildman–Crippen MR) is 116 cm³/mol. The minimum Gasteiger partial charge on any atom is -0.323 e. The van der Waals surface area contributed by atoms with Crippen LogP contribution in [0.3, 0.4) is 0 Å². The summed E-state index contributed by atoms with van der Waals surface area (Å²) in [6.45, 7) is 5.28. The second-order valence-electron chi connectivity index (χ2n) is 7.04. The highest BCUT2D eigenvalue weighted by Gasteiger charge is 2.31. The van der Waals surface area contributed by atoms with Crippen LogP contribution in [0.25, 0.3) is 0 Å². The van der Waals surface area contributed by atoms with Crippen LogP contribution in [0.5, 0.6) is 0 Å². The van der Waals surface area contributed by atoms with Gasteiger partial charge in [-0.1, -0.05) is 40.9 Å². The van der Waals surface area contributed by atoms with Crippen LogP contribution in [0.4, 0.5) is 5.69 Å². The predicted octanol–water partition coefficient (Wildman–Crippen LogP) is 3.64. The molecule has 0 unspecified atom stereocenters. The van der Waals surface area contributed by atoms with Gasteiger partial charge in [0.2, 0.25) is 15.9 Å². The quantitative estimate of drug-likeness (QED) is 0.746. The third-order valence-electron chi connectivity index (χ3n) is 5.05. The summed E-state index contributed by atoms with van der Waals surface area (Å²) in [5.41, 5.74) is 1.46. The van der Waals surface area contributed by atoms with Gasteiger partial charge in [0, 0.05) is 31.2 Å². The number of carbonyl (C=O) groups is 1. The monoisotopic (exact) mass is 455 g/mol. The molecule has 1 aliphatic heterocycles. The summed E-state index contributed by atoms with van der Waals surface area (Å²) in [7, 11) is -3.53. The van der Waals surface area contributed by atoms with E-state index in [1.807, 2.05) is 11.8 Å². The number of hydrogen-bond acceptors (Lipinski definition) is 4. The smallest absolute Gasteiger partial charge is 0.243 e. The van der Waals surface area contributed by atoms with Crippen LogP contribution in [0.2, 0.25) is 10.0 Å². The van der Waals surface area contributed by atoms with E-state index < -0.39 is 16.1 Å². The summed E-state index contributed by atoms with van der Waals surface area (Å²) in [6, 6.07) is 11.3. The van der Waals surface area contributed by atoms with E-state index >= 15 is 0 Å². The second-order valence-corrected chi connectivity index (χ2v) is 9.82. The Labute approximate surface area is 181 Å². The lowest BCUT2D eigenvalue weighted by Crippen LogP contribution is -2.53. The molecule has 0 bridgehead atoms. The first kappa shape index (κ1) is 22.1. The molecular weight excluding hydrogens is 433 g/mol. The largest absolute Gasteiger partial charge is 0.323 e. The Morgan fingerprint density at radius 2 is 1.66 bits per heavy atom. The van der Waals surface area contributed by atoms with Gasteiger partial charge in [-0.05, 0) is 44.2 Å². The van der Waals surface area contributed by atoms with E-state index in [0.717, 1.165) is 5.56 Å². The summed E-state index contributed by atoms with van der Waals surface area (Å²) in [5, 5.41) is 3.68. The molecule has 1 heterocycles. The first-order valence-electron chi connectivity index (χ1n) is 9.25. The number of hydrogen-bond donors (Lipinski definition) is 1. The minimum absolute atomic E-state index is 0.219. The number of halogens is 2. The van der Waals surface area contributed by atoms with E-state index in [2.05, 4.69) is 5.32 Å². The summed E-state index contributed by atoms with van der Waals surface area (Å²) in [4.78, 5) is 14.9. The molecule has 156 valence electrons. The Morgan fingerprint density at radius 1 is 1.03 bits per heavy atom. The van der Waals surface area contributed by atoms with Crippen LogP contribution in [0, 0.1) is 6.92 Å². The molecule has 3 rings (SSSR count). The fourth-order valence-electron chi connectivity index (χ4n) is 3.19. The van der Waals surface area contributed by atoms with E-state index in [4.69, 9.17) is 23.2 Å². The van der Waals surface area contributed by atoms with Crippen LogP contribution in [0.1, 0.15) is 12.5 Å². The summed E-state index contributed by atoms with van der Waals surface area (Å²) in [6.07, 6.45) is 0. The zero-order valence-electron chi connectivity index (χ0n) is 16.2. The van der Waals surface area contributed by atoms with Gasteiger partial charge in [-0.15, -0.1) is 0 Å². The number of benzene rings is 2. The highest BCUT2D eigenvalue weighted by atomic mass is 35.5. The Hall–Kier alpha value is -1.64. The Kier molecular flexibility index (Phi) is 6.86. The van der Waals surface area contributed by atoms with Gasteiger partial charge in [-0.3, -0.25) is 9.69 Å². The van der Waals surface area contributed by atoms with Gasteiger partial charge in [0.1, 0.15) is 0 Å². The molecule has 2 aromatic rings. The molecule has 9 heteroatoms. The standard InChI is InChI=1S/C20H23Cl2N3O3S/c1-14-3-6-17(7-4-14)29(27,28)25-11-9-24(10-12-25)15(2)20(26)23-19-13-16(21)5-8-18(19)22/h3-8,13,15H,9-12H2,1-2H3,(H,23,26)/t15-/m0/s1. The van der Waals surface area contributed by atoms with Crippen LogP contribution in [-0.2, 0) is 14.8 Å². The molecule has 1 saturated heterocycles. The van der Waals surface area contributed by atoms with Crippen molar-refractivity contribution < 1.29 is 13.2 Å². The van der Waals surface area contributed by atoms with E-state index in [1.165, 1.54) is 4.31 Å². The molecule has 2 aromatic carbocycles. The lowest BCUT2D eigenvalue weighted by Gasteiger charge is -2.36. The topological polar surface area (TPSA) is 69.7 Å². The van der Waals surface area contributed by atoms with Crippen molar-refractivity contribution in [1.29, 1.82) is 0 Å². The molecule has 0 aliphatic carbocycles. The molecule has 0 aromatic heterocycles. The number of anilines is 1. The average molecular weight is 456 g/mol. The highest BCUT2D eigenvalue weighted by molar-refractivity contribution is 7.89. The maximum atomic E-state index is 12.8. The third-order valence-corrected chi connectivity index (χ3v) is 7.52. The van der Waals surface area contributed by atoms with Crippen molar-refractivity contribution >= 4 is 44.8 Å². The molecular formula is C20H23Cl2N3O3S. The normalized spacial score (nSPS) is 17.1. The van der Waals surface area contributed by atoms with E-state index in [-0.39, 0.29) is 10.8 Å². The van der Waals surface area contributed by atoms with Crippen LogP contribution in [0.15, 0.2) is 47.4 Å². The van der Waals surface area contributed by atoms with Crippen molar-refractivity contribution in [3.8, 4) is 0 Å². The average Bonchev–Trinajstić information content (AvgIpc) is 2.70. The molecule has 1 aliphatic rings. The molecule has 1 N–H and O–H groups in total. The van der Waals surface area contributed by atoms with Gasteiger partial charge < -0.3 is 5.32 Å². The number of carbonyl (C=O) groups excluding carboxylic acids is 1. The van der Waals surface area contributed by atoms with Gasteiger partial charge >= 0.3 is 0 Å². The number of sulfonamides is 1. The van der Waals surface area contributed by atoms with Crippen LogP contribution >= 0.6 is 23.2 Å². The molecule has 0 spiro atoms. The van der Waals surface area contributed by atoms with Crippen molar-refractivity contribution in [3.63, 3.8) is 0 Å². The van der Waals surface area contributed by atoms with Gasteiger partial charge in [0.25, 0.3) is 0 Å². The lowest BCUT2D eigenvalue weighted by atomic mass is 10.2. The Morgan fingerprint density at radius 3 is 2.28 bits per heavy atom. The highest BCUT2D eigenvalue weighted by Crippen LogP contribution is 2.26. The Bertz CT molecular complexity index is 989. The first-order chi connectivity index (χ1) is 13.7. The van der Waals surface area contributed by atoms with E-state index in [9.17, 15) is 13.2 Å². The molecule has 1 atom stereocenters. The number of nitrogens with one attached hydrogen (secondary N) is 1. The number of aryl methyl sites for hydroxylation is 1. The zero-order chi connectivity index (χ0) is 21.2. The van der Waals surface area contributed by atoms with Gasteiger partial charge in [-0.25, -0.2) is 8.42 Å². The number of nitrogens with zero attached hydrogens (tertiary/aromatic N) is 2. The second kappa shape index (κ2) is 9.02. The van der Waals surface area contributed by atoms with Crippen molar-refractivity contribution in [2.75, 3.05) is 31.5 Å². The van der Waals surface area contributed by atoms with Crippen molar-refractivity contribution in [2.45, 2.75) is 24.8 Å². The van der Waals surface area contributed by atoms with Crippen molar-refractivity contribution in [1.82, 2.24) is 9.21 Å². The zero-order valence-corrected chi connectivity index (χ0v) is 18.6. The number of amides is 1. The third kappa shape index (κ3) is 5.10.